The molecule has 4 aromatic rings. The molecule has 11 heteroatoms. The van der Waals surface area contributed by atoms with E-state index in [1.807, 2.05) is 14.0 Å². The Labute approximate surface area is 212 Å². The third-order valence-corrected chi connectivity index (χ3v) is 5.37. The van der Waals surface area contributed by atoms with Gasteiger partial charge in [-0.15, -0.1) is 0 Å². The van der Waals surface area contributed by atoms with Gasteiger partial charge >= 0.3 is 6.09 Å². The van der Waals surface area contributed by atoms with Gasteiger partial charge in [0.15, 0.2) is 0 Å². The molecule has 2 aromatic carbocycles. The fourth-order valence-corrected chi connectivity index (χ4v) is 3.31. The van der Waals surface area contributed by atoms with E-state index in [0.29, 0.717) is 22.6 Å². The van der Waals surface area contributed by atoms with E-state index in [2.05, 4.69) is 32.3 Å². The minimum Gasteiger partial charge on any atom is -0.444 e. The van der Waals surface area contributed by atoms with Crippen molar-refractivity contribution in [2.24, 2.45) is 7.05 Å². The van der Waals surface area contributed by atoms with E-state index in [0.717, 1.165) is 11.8 Å². The Morgan fingerprint density at radius 2 is 1.97 bits per heavy atom. The molecule has 37 heavy (non-hydrogen) atoms. The number of hydrogen-bond donors (Lipinski definition) is 2. The van der Waals surface area contributed by atoms with Crippen molar-refractivity contribution in [3.8, 4) is 0 Å². The molecule has 0 aliphatic heterocycles. The van der Waals surface area contributed by atoms with Crippen molar-refractivity contribution in [2.45, 2.75) is 13.5 Å². The highest BCUT2D eigenvalue weighted by atomic mass is 19.1. The number of aryl methyl sites for hydroxylation is 1. The second-order valence-corrected chi connectivity index (χ2v) is 7.89. The van der Waals surface area contributed by atoms with Crippen molar-refractivity contribution >= 4 is 40.8 Å². The highest BCUT2D eigenvalue weighted by molar-refractivity contribution is 6.00. The highest BCUT2D eigenvalue weighted by Gasteiger charge is 2.23. The van der Waals surface area contributed by atoms with Crippen LogP contribution in [0.5, 0.6) is 0 Å². The van der Waals surface area contributed by atoms with Crippen molar-refractivity contribution in [1.29, 1.82) is 0 Å². The summed E-state index contributed by atoms with van der Waals surface area (Å²) >= 11 is 0. The van der Waals surface area contributed by atoms with Gasteiger partial charge in [-0.25, -0.2) is 19.1 Å². The average molecular weight is 502 g/mol. The number of aromatic nitrogens is 4. The van der Waals surface area contributed by atoms with Gasteiger partial charge in [-0.1, -0.05) is 24.8 Å². The van der Waals surface area contributed by atoms with Crippen LogP contribution in [0.1, 0.15) is 11.3 Å². The maximum absolute atomic E-state index is 13.3. The van der Waals surface area contributed by atoms with Crippen LogP contribution in [0, 0.1) is 12.7 Å². The Kier molecular flexibility index (Phi) is 7.53. The molecule has 188 valence electrons. The minimum absolute atomic E-state index is 0.0897. The molecule has 0 saturated carbocycles. The van der Waals surface area contributed by atoms with E-state index in [-0.39, 0.29) is 24.2 Å². The first kappa shape index (κ1) is 25.0. The van der Waals surface area contributed by atoms with Crippen LogP contribution in [-0.2, 0) is 23.2 Å². The number of rotatable bonds is 8. The topological polar surface area (TPSA) is 114 Å². The van der Waals surface area contributed by atoms with E-state index < -0.39 is 12.0 Å². The molecule has 2 aromatic heterocycles. The predicted molar refractivity (Wildman–Crippen MR) is 137 cm³/mol. The molecule has 0 fully saturated rings. The van der Waals surface area contributed by atoms with Gasteiger partial charge in [0.25, 0.3) is 0 Å². The first-order chi connectivity index (χ1) is 17.8. The van der Waals surface area contributed by atoms with Gasteiger partial charge in [-0.3, -0.25) is 9.48 Å². The summed E-state index contributed by atoms with van der Waals surface area (Å²) in [5, 5.41) is 9.96. The number of carbonyl (C=O) groups is 2. The molecule has 2 amide bonds. The predicted octanol–water partition coefficient (Wildman–Crippen LogP) is 5.00. The Hall–Kier alpha value is -5.06. The smallest absolute Gasteiger partial charge is 0.420 e. The lowest BCUT2D eigenvalue weighted by molar-refractivity contribution is -0.111. The molecule has 10 nitrogen and oxygen atoms in total. The summed E-state index contributed by atoms with van der Waals surface area (Å²) in [4.78, 5) is 35.1. The lowest BCUT2D eigenvalue weighted by Crippen LogP contribution is -2.28. The summed E-state index contributed by atoms with van der Waals surface area (Å²) in [6.07, 6.45) is 3.55. The van der Waals surface area contributed by atoms with Gasteiger partial charge in [0, 0.05) is 25.0 Å². The molecule has 0 spiro atoms. The first-order valence-corrected chi connectivity index (χ1v) is 11.2. The molecule has 0 aliphatic carbocycles. The number of hydrogen-bond acceptors (Lipinski definition) is 7. The molecule has 0 bridgehead atoms. The molecule has 0 atom stereocenters. The number of amides is 2. The van der Waals surface area contributed by atoms with E-state index in [4.69, 9.17) is 4.74 Å². The zero-order valence-corrected chi connectivity index (χ0v) is 20.2. The van der Waals surface area contributed by atoms with Gasteiger partial charge < -0.3 is 15.4 Å². The van der Waals surface area contributed by atoms with E-state index >= 15 is 0 Å². The summed E-state index contributed by atoms with van der Waals surface area (Å²) < 4.78 is 20.5. The average Bonchev–Trinajstić information content (AvgIpc) is 3.21. The number of anilines is 5. The van der Waals surface area contributed by atoms with Crippen LogP contribution in [0.2, 0.25) is 0 Å². The van der Waals surface area contributed by atoms with Gasteiger partial charge in [-0.05, 0) is 48.9 Å². The summed E-state index contributed by atoms with van der Waals surface area (Å²) in [7, 11) is 1.81. The van der Waals surface area contributed by atoms with Gasteiger partial charge in [0.05, 0.1) is 23.3 Å². The fourth-order valence-electron chi connectivity index (χ4n) is 3.31. The summed E-state index contributed by atoms with van der Waals surface area (Å²) in [6, 6.07) is 13.8. The number of carbonyl (C=O) groups excluding carboxylic acids is 2. The minimum atomic E-state index is -0.737. The molecule has 0 saturated heterocycles. The highest BCUT2D eigenvalue weighted by Crippen LogP contribution is 2.29. The van der Waals surface area contributed by atoms with Crippen LogP contribution in [-0.4, -0.2) is 31.7 Å². The molecule has 0 aliphatic rings. The monoisotopic (exact) mass is 501 g/mol. The third-order valence-electron chi connectivity index (χ3n) is 5.37. The quantitative estimate of drug-likeness (QED) is 0.327. The van der Waals surface area contributed by atoms with E-state index in [9.17, 15) is 14.0 Å². The number of benzene rings is 2. The van der Waals surface area contributed by atoms with Crippen LogP contribution in [0.3, 0.4) is 0 Å². The number of nitrogens with one attached hydrogen (secondary N) is 2. The van der Waals surface area contributed by atoms with Gasteiger partial charge in [0.2, 0.25) is 11.9 Å². The lowest BCUT2D eigenvalue weighted by Gasteiger charge is -2.22. The first-order valence-electron chi connectivity index (χ1n) is 11.2. The lowest BCUT2D eigenvalue weighted by atomic mass is 10.2. The van der Waals surface area contributed by atoms with Crippen LogP contribution in [0.4, 0.5) is 38.0 Å². The molecular weight excluding hydrogens is 477 g/mol. The largest absolute Gasteiger partial charge is 0.444 e. The zero-order valence-electron chi connectivity index (χ0n) is 20.2. The number of ether oxygens (including phenoxy) is 1. The standard InChI is InChI=1S/C26H24FN7O3/c1-4-24(35)30-20-6-5-7-21(14-20)34(26(36)37-16-18-8-10-19(27)11-9-18)23-12-13-28-25(32-23)31-22-15-29-33(3)17(22)2/h4-15H,1,16H2,2-3H3,(H,30,35)(H,28,31,32). The Balaban J connectivity index is 1.66. The van der Waals surface area contributed by atoms with Crippen LogP contribution in [0.15, 0.2) is 79.6 Å². The van der Waals surface area contributed by atoms with E-state index in [1.54, 1.807) is 41.2 Å². The normalized spacial score (nSPS) is 10.5. The molecule has 4 rings (SSSR count). The summed E-state index contributed by atoms with van der Waals surface area (Å²) in [5.74, 6) is -0.334. The van der Waals surface area contributed by atoms with Crippen molar-refractivity contribution in [3.63, 3.8) is 0 Å². The maximum atomic E-state index is 13.3. The number of halogens is 1. The van der Waals surface area contributed by atoms with Crippen molar-refractivity contribution in [2.75, 3.05) is 15.5 Å². The Morgan fingerprint density at radius 1 is 1.19 bits per heavy atom. The Bertz CT molecular complexity index is 1440. The molecule has 0 radical (unpaired) electrons. The van der Waals surface area contributed by atoms with Crippen molar-refractivity contribution in [1.82, 2.24) is 19.7 Å². The number of nitrogens with zero attached hydrogens (tertiary/aromatic N) is 5. The second-order valence-electron chi connectivity index (χ2n) is 7.89. The fraction of sp³-hybridized carbons (Fsp3) is 0.115. The van der Waals surface area contributed by atoms with Gasteiger partial charge in [-0.2, -0.15) is 10.1 Å². The Morgan fingerprint density at radius 3 is 2.68 bits per heavy atom. The zero-order chi connectivity index (χ0) is 26.4. The van der Waals surface area contributed by atoms with Crippen LogP contribution < -0.4 is 15.5 Å². The summed E-state index contributed by atoms with van der Waals surface area (Å²) in [5.41, 5.74) is 3.01. The molecular formula is C26H24FN7O3. The van der Waals surface area contributed by atoms with Crippen LogP contribution in [0.25, 0.3) is 0 Å². The van der Waals surface area contributed by atoms with Crippen molar-refractivity contribution < 1.29 is 18.7 Å². The van der Waals surface area contributed by atoms with E-state index in [1.165, 1.54) is 35.4 Å². The van der Waals surface area contributed by atoms with Crippen LogP contribution >= 0.6 is 0 Å². The SMILES string of the molecule is C=CC(=O)Nc1cccc(N(C(=O)OCc2ccc(F)cc2)c2ccnc(Nc3cnn(C)c3C)n2)c1. The molecule has 2 N–H and O–H groups in total. The summed E-state index contributed by atoms with van der Waals surface area (Å²) in [6.45, 7) is 5.25. The third kappa shape index (κ3) is 6.14. The maximum Gasteiger partial charge on any atom is 0.420 e. The second kappa shape index (κ2) is 11.1. The molecule has 0 unspecified atom stereocenters. The van der Waals surface area contributed by atoms with Crippen molar-refractivity contribution in [3.05, 3.63) is 96.7 Å². The van der Waals surface area contributed by atoms with Gasteiger partial charge in [0.1, 0.15) is 18.2 Å². The molecule has 2 heterocycles.